The van der Waals surface area contributed by atoms with Crippen molar-refractivity contribution in [3.63, 3.8) is 0 Å². The molecule has 3 nitrogen and oxygen atoms in total. The van der Waals surface area contributed by atoms with Crippen molar-refractivity contribution in [2.45, 2.75) is 19.0 Å². The molecule has 20 heavy (non-hydrogen) atoms. The number of nitrogens with one attached hydrogen (secondary N) is 1. The van der Waals surface area contributed by atoms with Gasteiger partial charge in [0.2, 0.25) is 0 Å². The number of rotatable bonds is 6. The molecule has 0 bridgehead atoms. The van der Waals surface area contributed by atoms with Gasteiger partial charge in [-0.05, 0) is 29.1 Å². The molecule has 2 aromatic rings. The van der Waals surface area contributed by atoms with Gasteiger partial charge in [-0.25, -0.2) is 4.39 Å². The number of benzene rings is 1. The van der Waals surface area contributed by atoms with Crippen LogP contribution in [0, 0.1) is 5.82 Å². The van der Waals surface area contributed by atoms with Crippen LogP contribution in [0.3, 0.4) is 0 Å². The zero-order valence-electron chi connectivity index (χ0n) is 10.5. The maximum atomic E-state index is 13.3. The van der Waals surface area contributed by atoms with Gasteiger partial charge < -0.3 is 10.4 Å². The van der Waals surface area contributed by atoms with Gasteiger partial charge in [-0.1, -0.05) is 23.7 Å². The summed E-state index contributed by atoms with van der Waals surface area (Å²) in [5, 5.41) is 14.1. The van der Waals surface area contributed by atoms with Gasteiger partial charge in [0.15, 0.2) is 0 Å². The number of aliphatic carboxylic acids is 1. The first kappa shape index (κ1) is 15.0. The lowest BCUT2D eigenvalue weighted by atomic mass is 10.1. The Bertz CT molecular complexity index is 589. The first-order chi connectivity index (χ1) is 9.56. The number of thiophene rings is 1. The maximum absolute atomic E-state index is 13.3. The summed E-state index contributed by atoms with van der Waals surface area (Å²) < 4.78 is 13.3. The van der Waals surface area contributed by atoms with Crippen LogP contribution in [0.1, 0.15) is 22.9 Å². The average Bonchev–Trinajstić information content (AvgIpc) is 2.92. The Labute approximate surface area is 125 Å². The molecule has 0 aliphatic rings. The zero-order valence-corrected chi connectivity index (χ0v) is 12.0. The summed E-state index contributed by atoms with van der Waals surface area (Å²) in [5.74, 6) is -1.35. The summed E-state index contributed by atoms with van der Waals surface area (Å²) in [6, 6.07) is 8.02. The largest absolute Gasteiger partial charge is 0.481 e. The van der Waals surface area contributed by atoms with Crippen LogP contribution in [0.25, 0.3) is 0 Å². The Morgan fingerprint density at radius 2 is 2.25 bits per heavy atom. The molecule has 0 fully saturated rings. The van der Waals surface area contributed by atoms with Crippen LogP contribution in [0.15, 0.2) is 35.7 Å². The minimum atomic E-state index is -0.877. The van der Waals surface area contributed by atoms with E-state index in [0.717, 1.165) is 10.4 Å². The van der Waals surface area contributed by atoms with Crippen molar-refractivity contribution in [3.05, 3.63) is 57.0 Å². The third-order valence-corrected chi connectivity index (χ3v) is 4.09. The first-order valence-electron chi connectivity index (χ1n) is 5.99. The lowest BCUT2D eigenvalue weighted by molar-refractivity contribution is -0.137. The zero-order chi connectivity index (χ0) is 14.5. The Kier molecular flexibility index (Phi) is 5.11. The molecule has 1 aromatic carbocycles. The van der Waals surface area contributed by atoms with Crippen molar-refractivity contribution in [3.8, 4) is 0 Å². The minimum Gasteiger partial charge on any atom is -0.481 e. The second kappa shape index (κ2) is 6.83. The van der Waals surface area contributed by atoms with Gasteiger partial charge >= 0.3 is 5.97 Å². The van der Waals surface area contributed by atoms with Gasteiger partial charge in [0.25, 0.3) is 0 Å². The van der Waals surface area contributed by atoms with E-state index in [9.17, 15) is 9.18 Å². The molecule has 2 N–H and O–H groups in total. The van der Waals surface area contributed by atoms with Gasteiger partial charge in [0, 0.05) is 11.4 Å². The smallest absolute Gasteiger partial charge is 0.305 e. The summed E-state index contributed by atoms with van der Waals surface area (Å²) in [5.41, 5.74) is 0.721. The molecule has 0 radical (unpaired) electrons. The quantitative estimate of drug-likeness (QED) is 0.851. The van der Waals surface area contributed by atoms with E-state index in [4.69, 9.17) is 16.7 Å². The molecule has 1 atom stereocenters. The van der Waals surface area contributed by atoms with Crippen LogP contribution in [-0.4, -0.2) is 11.1 Å². The molecule has 0 aliphatic carbocycles. The van der Waals surface area contributed by atoms with Crippen LogP contribution < -0.4 is 5.32 Å². The number of carboxylic acid groups (broad SMARTS) is 1. The standard InChI is InChI=1S/C14H13ClFNO2S/c15-10-4-3-9(6-11(10)16)8-17-12(7-14(18)19)13-2-1-5-20-13/h1-6,12,17H,7-8H2,(H,18,19). The lowest BCUT2D eigenvalue weighted by Crippen LogP contribution is -2.22. The molecule has 0 spiro atoms. The summed E-state index contributed by atoms with van der Waals surface area (Å²) in [4.78, 5) is 11.8. The Balaban J connectivity index is 2.04. The molecule has 1 unspecified atom stereocenters. The van der Waals surface area contributed by atoms with Crippen LogP contribution in [0.2, 0.25) is 5.02 Å². The highest BCUT2D eigenvalue weighted by atomic mass is 35.5. The van der Waals surface area contributed by atoms with Crippen LogP contribution in [0.4, 0.5) is 4.39 Å². The number of carbonyl (C=O) groups is 1. The molecular weight excluding hydrogens is 301 g/mol. The van der Waals surface area contributed by atoms with Crippen molar-refractivity contribution < 1.29 is 14.3 Å². The van der Waals surface area contributed by atoms with E-state index in [1.165, 1.54) is 23.5 Å². The first-order valence-corrected chi connectivity index (χ1v) is 7.24. The molecule has 0 aliphatic heterocycles. The highest BCUT2D eigenvalue weighted by Crippen LogP contribution is 2.23. The molecule has 106 valence electrons. The van der Waals surface area contributed by atoms with Crippen molar-refractivity contribution >= 4 is 28.9 Å². The van der Waals surface area contributed by atoms with E-state index in [1.54, 1.807) is 6.07 Å². The predicted octanol–water partition coefficient (Wildman–Crippen LogP) is 3.85. The summed E-state index contributed by atoms with van der Waals surface area (Å²) in [6.45, 7) is 0.379. The third-order valence-electron chi connectivity index (χ3n) is 2.80. The number of hydrogen-bond acceptors (Lipinski definition) is 3. The Morgan fingerprint density at radius 3 is 2.85 bits per heavy atom. The van der Waals surface area contributed by atoms with E-state index in [0.29, 0.717) is 6.54 Å². The second-order valence-corrected chi connectivity index (χ2v) is 5.68. The van der Waals surface area contributed by atoms with Crippen LogP contribution in [0.5, 0.6) is 0 Å². The fourth-order valence-electron chi connectivity index (χ4n) is 1.83. The SMILES string of the molecule is O=C(O)CC(NCc1ccc(Cl)c(F)c1)c1cccs1. The lowest BCUT2D eigenvalue weighted by Gasteiger charge is -2.15. The van der Waals surface area contributed by atoms with E-state index in [-0.39, 0.29) is 17.5 Å². The number of halogens is 2. The molecule has 6 heteroatoms. The fraction of sp³-hybridized carbons (Fsp3) is 0.214. The van der Waals surface area contributed by atoms with Crippen molar-refractivity contribution in [2.75, 3.05) is 0 Å². The molecule has 1 aromatic heterocycles. The number of hydrogen-bond donors (Lipinski definition) is 2. The highest BCUT2D eigenvalue weighted by Gasteiger charge is 2.16. The van der Waals surface area contributed by atoms with Gasteiger partial charge in [0.05, 0.1) is 17.5 Å². The summed E-state index contributed by atoms with van der Waals surface area (Å²) in [7, 11) is 0. The highest BCUT2D eigenvalue weighted by molar-refractivity contribution is 7.10. The predicted molar refractivity (Wildman–Crippen MR) is 77.6 cm³/mol. The van der Waals surface area contributed by atoms with Crippen molar-refractivity contribution in [1.29, 1.82) is 0 Å². The molecule has 0 saturated heterocycles. The van der Waals surface area contributed by atoms with Gasteiger partial charge in [-0.3, -0.25) is 4.79 Å². The fourth-order valence-corrected chi connectivity index (χ4v) is 2.75. The Hall–Kier alpha value is -1.43. The molecule has 1 heterocycles. The molecule has 0 amide bonds. The minimum absolute atomic E-state index is 0.0173. The summed E-state index contributed by atoms with van der Waals surface area (Å²) >= 11 is 7.11. The monoisotopic (exact) mass is 313 g/mol. The van der Waals surface area contributed by atoms with Crippen molar-refractivity contribution in [1.82, 2.24) is 5.32 Å². The van der Waals surface area contributed by atoms with E-state index in [2.05, 4.69) is 5.32 Å². The van der Waals surface area contributed by atoms with Crippen molar-refractivity contribution in [2.24, 2.45) is 0 Å². The van der Waals surface area contributed by atoms with Gasteiger partial charge in [-0.15, -0.1) is 11.3 Å². The second-order valence-electron chi connectivity index (χ2n) is 4.30. The topological polar surface area (TPSA) is 49.3 Å². The Morgan fingerprint density at radius 1 is 1.45 bits per heavy atom. The molecule has 2 rings (SSSR count). The average molecular weight is 314 g/mol. The summed E-state index contributed by atoms with van der Waals surface area (Å²) in [6.07, 6.45) is -0.0173. The van der Waals surface area contributed by atoms with Gasteiger partial charge in [0.1, 0.15) is 5.82 Å². The molecule has 0 saturated carbocycles. The van der Waals surface area contributed by atoms with Gasteiger partial charge in [-0.2, -0.15) is 0 Å². The third kappa shape index (κ3) is 4.03. The normalized spacial score (nSPS) is 12.3. The van der Waals surface area contributed by atoms with Crippen LogP contribution >= 0.6 is 22.9 Å². The van der Waals surface area contributed by atoms with E-state index < -0.39 is 11.8 Å². The maximum Gasteiger partial charge on any atom is 0.305 e. The van der Waals surface area contributed by atoms with E-state index >= 15 is 0 Å². The molecular formula is C14H13ClFNO2S. The number of carboxylic acids is 1. The van der Waals surface area contributed by atoms with E-state index in [1.807, 2.05) is 17.5 Å². The van der Waals surface area contributed by atoms with Crippen LogP contribution in [-0.2, 0) is 11.3 Å².